The van der Waals surface area contributed by atoms with Gasteiger partial charge in [0, 0.05) is 15.5 Å². The molecule has 0 saturated heterocycles. The lowest BCUT2D eigenvalue weighted by atomic mass is 10.8. The van der Waals surface area contributed by atoms with Gasteiger partial charge in [0.2, 0.25) is 0 Å². The molecule has 2 N–H and O–H groups in total. The molecule has 0 spiro atoms. The summed E-state index contributed by atoms with van der Waals surface area (Å²) in [6.07, 6.45) is 0. The van der Waals surface area contributed by atoms with E-state index in [4.69, 9.17) is 9.79 Å². The minimum Gasteiger partial charge on any atom is -0.328 e. The maximum Gasteiger partial charge on any atom is 0.326 e. The zero-order valence-electron chi connectivity index (χ0n) is 3.33. The summed E-state index contributed by atoms with van der Waals surface area (Å²) in [6, 6.07) is 0. The normalized spacial score (nSPS) is 8.00. The fourth-order valence-electron chi connectivity index (χ4n) is 0. The molecule has 3 radical (unpaired) electrons. The molecule has 35 valence electrons. The van der Waals surface area contributed by atoms with E-state index in [1.807, 2.05) is 0 Å². The van der Waals surface area contributed by atoms with Crippen LogP contribution in [0.2, 0.25) is 0 Å². The van der Waals surface area contributed by atoms with Crippen molar-refractivity contribution in [2.75, 3.05) is 7.11 Å². The lowest BCUT2D eigenvalue weighted by molar-refractivity contribution is 0.310. The first-order valence-corrected chi connectivity index (χ1v) is 2.16. The molecular formula is CH5BO3P. The molecule has 3 nitrogen and oxygen atoms in total. The van der Waals surface area contributed by atoms with Crippen LogP contribution in [0.25, 0.3) is 0 Å². The molecule has 0 atom stereocenters. The summed E-state index contributed by atoms with van der Waals surface area (Å²) in [6.45, 7) is 0. The molecular weight excluding hydrogens is 102 g/mol. The molecule has 0 aromatic rings. The van der Waals surface area contributed by atoms with Crippen LogP contribution in [0.1, 0.15) is 0 Å². The number of rotatable bonds is 1. The molecule has 6 heavy (non-hydrogen) atoms. The molecule has 0 aliphatic heterocycles. The van der Waals surface area contributed by atoms with Crippen molar-refractivity contribution in [3.8, 4) is 0 Å². The Labute approximate surface area is 39.5 Å². The number of hydrogen-bond donors (Lipinski definition) is 2. The Morgan fingerprint density at radius 3 is 1.67 bits per heavy atom. The maximum atomic E-state index is 7.76. The second-order valence-corrected chi connectivity index (χ2v) is 1.31. The van der Waals surface area contributed by atoms with E-state index >= 15 is 0 Å². The summed E-state index contributed by atoms with van der Waals surface area (Å²) in [4.78, 5) is 15.5. The quantitative estimate of drug-likeness (QED) is 0.349. The summed E-state index contributed by atoms with van der Waals surface area (Å²) >= 11 is 0. The van der Waals surface area contributed by atoms with Crippen LogP contribution in [-0.2, 0) is 4.52 Å². The Kier molecular flexibility index (Phi) is 8.62. The highest BCUT2D eigenvalue weighted by Crippen LogP contribution is 2.20. The minimum absolute atomic E-state index is 0. The van der Waals surface area contributed by atoms with Gasteiger partial charge in [-0.15, -0.1) is 0 Å². The first kappa shape index (κ1) is 9.62. The third-order valence-corrected chi connectivity index (χ3v) is 0.490. The predicted octanol–water partition coefficient (Wildman–Crippen LogP) is -0.537. The summed E-state index contributed by atoms with van der Waals surface area (Å²) in [5.41, 5.74) is 0. The van der Waals surface area contributed by atoms with Crippen molar-refractivity contribution < 1.29 is 14.3 Å². The lowest BCUT2D eigenvalue weighted by Gasteiger charge is -1.89. The molecule has 0 aliphatic rings. The van der Waals surface area contributed by atoms with Gasteiger partial charge in [0.15, 0.2) is 0 Å². The summed E-state index contributed by atoms with van der Waals surface area (Å²) in [5.74, 6) is 0. The lowest BCUT2D eigenvalue weighted by Crippen LogP contribution is -1.67. The van der Waals surface area contributed by atoms with Crippen molar-refractivity contribution in [2.45, 2.75) is 0 Å². The second kappa shape index (κ2) is 5.37. The SMILES string of the molecule is COP(O)O.[B]. The van der Waals surface area contributed by atoms with Crippen molar-refractivity contribution >= 4 is 17.0 Å². The highest BCUT2D eigenvalue weighted by Gasteiger charge is 1.86. The van der Waals surface area contributed by atoms with Gasteiger partial charge in [0.1, 0.15) is 0 Å². The Morgan fingerprint density at radius 2 is 1.67 bits per heavy atom. The summed E-state index contributed by atoms with van der Waals surface area (Å²) < 4.78 is 3.93. The molecule has 0 aliphatic carbocycles. The Balaban J connectivity index is 0. The van der Waals surface area contributed by atoms with E-state index in [0.29, 0.717) is 0 Å². The summed E-state index contributed by atoms with van der Waals surface area (Å²) in [7, 11) is -0.870. The van der Waals surface area contributed by atoms with E-state index in [1.54, 1.807) is 0 Å². The topological polar surface area (TPSA) is 49.7 Å². The van der Waals surface area contributed by atoms with E-state index in [0.717, 1.165) is 0 Å². The smallest absolute Gasteiger partial charge is 0.326 e. The molecule has 5 heteroatoms. The van der Waals surface area contributed by atoms with Crippen molar-refractivity contribution in [3.05, 3.63) is 0 Å². The van der Waals surface area contributed by atoms with Gasteiger partial charge in [-0.3, -0.25) is 0 Å². The third kappa shape index (κ3) is 8.83. The number of hydrogen-bond acceptors (Lipinski definition) is 3. The Morgan fingerprint density at radius 1 is 1.50 bits per heavy atom. The van der Waals surface area contributed by atoms with E-state index in [2.05, 4.69) is 4.52 Å². The van der Waals surface area contributed by atoms with Gasteiger partial charge in [-0.1, -0.05) is 0 Å². The average Bonchev–Trinajstić information content (AvgIpc) is 1.38. The van der Waals surface area contributed by atoms with Gasteiger partial charge < -0.3 is 14.3 Å². The fraction of sp³-hybridized carbons (Fsp3) is 1.00. The molecule has 0 fully saturated rings. The second-order valence-electron chi connectivity index (χ2n) is 0.435. The largest absolute Gasteiger partial charge is 0.328 e. The van der Waals surface area contributed by atoms with Crippen LogP contribution in [0.5, 0.6) is 0 Å². The third-order valence-electron chi connectivity index (χ3n) is 0.163. The predicted molar refractivity (Wildman–Crippen MR) is 24.1 cm³/mol. The fourth-order valence-corrected chi connectivity index (χ4v) is 0. The highest BCUT2D eigenvalue weighted by molar-refractivity contribution is 7.39. The standard InChI is InChI=1S/CH5O3P.B/c1-4-5(2)3;/h2-3H,1H3;. The van der Waals surface area contributed by atoms with Crippen LogP contribution in [-0.4, -0.2) is 25.3 Å². The minimum atomic E-state index is -2.10. The van der Waals surface area contributed by atoms with E-state index in [-0.39, 0.29) is 8.41 Å². The van der Waals surface area contributed by atoms with Crippen molar-refractivity contribution in [1.29, 1.82) is 0 Å². The van der Waals surface area contributed by atoms with Crippen LogP contribution in [0, 0.1) is 0 Å². The van der Waals surface area contributed by atoms with Gasteiger partial charge >= 0.3 is 8.60 Å². The van der Waals surface area contributed by atoms with E-state index in [9.17, 15) is 0 Å². The molecule has 0 unspecified atom stereocenters. The van der Waals surface area contributed by atoms with Gasteiger partial charge in [-0.05, 0) is 0 Å². The Bertz CT molecular complexity index is 24.8. The molecule has 0 aromatic heterocycles. The first-order chi connectivity index (χ1) is 2.27. The van der Waals surface area contributed by atoms with Crippen LogP contribution in [0.4, 0.5) is 0 Å². The monoisotopic (exact) mass is 107 g/mol. The maximum absolute atomic E-state index is 7.76. The van der Waals surface area contributed by atoms with Crippen LogP contribution >= 0.6 is 8.60 Å². The zero-order valence-corrected chi connectivity index (χ0v) is 4.22. The van der Waals surface area contributed by atoms with E-state index in [1.165, 1.54) is 7.11 Å². The molecule has 0 amide bonds. The Hall–Kier alpha value is 0.375. The van der Waals surface area contributed by atoms with Crippen molar-refractivity contribution in [1.82, 2.24) is 0 Å². The zero-order chi connectivity index (χ0) is 4.28. The van der Waals surface area contributed by atoms with Crippen molar-refractivity contribution in [3.63, 3.8) is 0 Å². The van der Waals surface area contributed by atoms with Gasteiger partial charge in [0.25, 0.3) is 0 Å². The molecule has 0 heterocycles. The molecule has 0 saturated carbocycles. The van der Waals surface area contributed by atoms with Gasteiger partial charge in [-0.2, -0.15) is 0 Å². The van der Waals surface area contributed by atoms with E-state index < -0.39 is 8.60 Å². The summed E-state index contributed by atoms with van der Waals surface area (Å²) in [5, 5.41) is 0. The van der Waals surface area contributed by atoms with Gasteiger partial charge in [0.05, 0.1) is 0 Å². The average molecular weight is 107 g/mol. The van der Waals surface area contributed by atoms with Crippen molar-refractivity contribution in [2.24, 2.45) is 0 Å². The molecule has 0 aromatic carbocycles. The highest BCUT2D eigenvalue weighted by atomic mass is 31.2. The first-order valence-electron chi connectivity index (χ1n) is 0.991. The molecule has 0 bridgehead atoms. The van der Waals surface area contributed by atoms with Gasteiger partial charge in [-0.25, -0.2) is 0 Å². The van der Waals surface area contributed by atoms with Crippen LogP contribution < -0.4 is 0 Å². The molecule has 0 rings (SSSR count). The van der Waals surface area contributed by atoms with Crippen LogP contribution in [0.15, 0.2) is 0 Å². The van der Waals surface area contributed by atoms with Crippen LogP contribution in [0.3, 0.4) is 0 Å².